The zero-order valence-corrected chi connectivity index (χ0v) is 9.89. The van der Waals surface area contributed by atoms with E-state index in [4.69, 9.17) is 5.26 Å². The molecule has 0 bridgehead atoms. The van der Waals surface area contributed by atoms with Crippen LogP contribution in [-0.2, 0) is 6.18 Å². The maximum Gasteiger partial charge on any atom is 0.416 e. The van der Waals surface area contributed by atoms with E-state index in [1.807, 2.05) is 0 Å². The second-order valence-electron chi connectivity index (χ2n) is 3.91. The topological polar surface area (TPSA) is 49.6 Å². The highest BCUT2D eigenvalue weighted by atomic mass is 19.4. The summed E-state index contributed by atoms with van der Waals surface area (Å²) in [5, 5.41) is 9.08. The SMILES string of the molecule is N#CC(c1cc(C(F)(F)F)ccn1)c1cccc(F)n1. The van der Waals surface area contributed by atoms with Crippen molar-refractivity contribution in [3.05, 3.63) is 59.4 Å². The summed E-state index contributed by atoms with van der Waals surface area (Å²) < 4.78 is 50.9. The van der Waals surface area contributed by atoms with E-state index in [0.717, 1.165) is 24.4 Å². The van der Waals surface area contributed by atoms with Gasteiger partial charge in [-0.2, -0.15) is 22.8 Å². The fourth-order valence-electron chi connectivity index (χ4n) is 1.65. The van der Waals surface area contributed by atoms with Crippen molar-refractivity contribution in [2.24, 2.45) is 0 Å². The fourth-order valence-corrected chi connectivity index (χ4v) is 1.65. The Labute approximate surface area is 111 Å². The molecule has 0 aromatic carbocycles. The van der Waals surface area contributed by atoms with Gasteiger partial charge in [0.1, 0.15) is 5.92 Å². The van der Waals surface area contributed by atoms with E-state index in [-0.39, 0.29) is 11.4 Å². The normalized spacial score (nSPS) is 12.8. The van der Waals surface area contributed by atoms with Gasteiger partial charge in [-0.25, -0.2) is 4.98 Å². The van der Waals surface area contributed by atoms with Crippen LogP contribution in [0.1, 0.15) is 22.9 Å². The van der Waals surface area contributed by atoms with Crippen molar-refractivity contribution < 1.29 is 17.6 Å². The molecule has 1 unspecified atom stereocenters. The third-order valence-corrected chi connectivity index (χ3v) is 2.57. The summed E-state index contributed by atoms with van der Waals surface area (Å²) in [6.45, 7) is 0. The van der Waals surface area contributed by atoms with Crippen LogP contribution in [0.5, 0.6) is 0 Å². The van der Waals surface area contributed by atoms with Gasteiger partial charge in [-0.05, 0) is 24.3 Å². The van der Waals surface area contributed by atoms with Crippen LogP contribution in [0.15, 0.2) is 36.5 Å². The lowest BCUT2D eigenvalue weighted by molar-refractivity contribution is -0.137. The number of hydrogen-bond donors (Lipinski definition) is 0. The van der Waals surface area contributed by atoms with Gasteiger partial charge >= 0.3 is 6.18 Å². The van der Waals surface area contributed by atoms with Crippen LogP contribution in [0, 0.1) is 17.3 Å². The number of hydrogen-bond acceptors (Lipinski definition) is 3. The number of aromatic nitrogens is 2. The second kappa shape index (κ2) is 5.25. The first-order valence-electron chi connectivity index (χ1n) is 5.47. The molecule has 2 aromatic rings. The first-order chi connectivity index (χ1) is 9.41. The van der Waals surface area contributed by atoms with E-state index in [1.54, 1.807) is 6.07 Å². The van der Waals surface area contributed by atoms with Crippen molar-refractivity contribution in [3.63, 3.8) is 0 Å². The maximum absolute atomic E-state index is 13.0. The van der Waals surface area contributed by atoms with E-state index in [2.05, 4.69) is 9.97 Å². The number of alkyl halides is 3. The van der Waals surface area contributed by atoms with Crippen LogP contribution >= 0.6 is 0 Å². The lowest BCUT2D eigenvalue weighted by Gasteiger charge is -2.11. The van der Waals surface area contributed by atoms with E-state index in [9.17, 15) is 17.6 Å². The van der Waals surface area contributed by atoms with Gasteiger partial charge in [-0.1, -0.05) is 6.07 Å². The van der Waals surface area contributed by atoms with Crippen LogP contribution < -0.4 is 0 Å². The fraction of sp³-hybridized carbons (Fsp3) is 0.154. The Balaban J connectivity index is 2.46. The second-order valence-corrected chi connectivity index (χ2v) is 3.91. The molecule has 0 aliphatic carbocycles. The molecule has 0 N–H and O–H groups in total. The number of pyridine rings is 2. The number of nitriles is 1. The van der Waals surface area contributed by atoms with Crippen molar-refractivity contribution >= 4 is 0 Å². The maximum atomic E-state index is 13.0. The smallest absolute Gasteiger partial charge is 0.259 e. The Morgan fingerprint density at radius 2 is 1.90 bits per heavy atom. The van der Waals surface area contributed by atoms with Crippen LogP contribution in [-0.4, -0.2) is 9.97 Å². The van der Waals surface area contributed by atoms with Gasteiger partial charge in [0.25, 0.3) is 0 Å². The van der Waals surface area contributed by atoms with Crippen molar-refractivity contribution in [3.8, 4) is 6.07 Å². The zero-order chi connectivity index (χ0) is 14.8. The predicted octanol–water partition coefficient (Wildman–Crippen LogP) is 3.29. The number of rotatable bonds is 2. The Hall–Kier alpha value is -2.49. The molecule has 0 saturated heterocycles. The van der Waals surface area contributed by atoms with Gasteiger partial charge in [0.15, 0.2) is 0 Å². The molecule has 20 heavy (non-hydrogen) atoms. The van der Waals surface area contributed by atoms with Crippen LogP contribution in [0.25, 0.3) is 0 Å². The van der Waals surface area contributed by atoms with Gasteiger partial charge in [0.2, 0.25) is 5.95 Å². The molecule has 0 amide bonds. The Morgan fingerprint density at radius 3 is 2.50 bits per heavy atom. The van der Waals surface area contributed by atoms with Gasteiger partial charge < -0.3 is 0 Å². The number of halogens is 4. The summed E-state index contributed by atoms with van der Waals surface area (Å²) in [6, 6.07) is 7.12. The summed E-state index contributed by atoms with van der Waals surface area (Å²) >= 11 is 0. The summed E-state index contributed by atoms with van der Waals surface area (Å²) in [4.78, 5) is 7.25. The molecule has 0 saturated carbocycles. The average Bonchev–Trinajstić information content (AvgIpc) is 2.39. The largest absolute Gasteiger partial charge is 0.416 e. The summed E-state index contributed by atoms with van der Waals surface area (Å²) in [7, 11) is 0. The first kappa shape index (κ1) is 13.9. The molecule has 0 radical (unpaired) electrons. The summed E-state index contributed by atoms with van der Waals surface area (Å²) in [6.07, 6.45) is -3.57. The molecule has 0 aliphatic rings. The van der Waals surface area contributed by atoms with Crippen molar-refractivity contribution in [2.45, 2.75) is 12.1 Å². The quantitative estimate of drug-likeness (QED) is 0.627. The van der Waals surface area contributed by atoms with Crippen LogP contribution in [0.4, 0.5) is 17.6 Å². The monoisotopic (exact) mass is 281 g/mol. The highest BCUT2D eigenvalue weighted by Crippen LogP contribution is 2.31. The molecule has 7 heteroatoms. The Bertz CT molecular complexity index is 661. The van der Waals surface area contributed by atoms with Crippen LogP contribution in [0.2, 0.25) is 0 Å². The van der Waals surface area contributed by atoms with Crippen molar-refractivity contribution in [1.29, 1.82) is 5.26 Å². The number of nitrogens with zero attached hydrogens (tertiary/aromatic N) is 3. The van der Waals surface area contributed by atoms with Gasteiger partial charge in [-0.3, -0.25) is 4.98 Å². The Morgan fingerprint density at radius 1 is 1.15 bits per heavy atom. The molecule has 0 fully saturated rings. The Kier molecular flexibility index (Phi) is 3.66. The first-order valence-corrected chi connectivity index (χ1v) is 5.47. The summed E-state index contributed by atoms with van der Waals surface area (Å²) in [5.74, 6) is -1.97. The molecular formula is C13H7F4N3. The van der Waals surface area contributed by atoms with Crippen molar-refractivity contribution in [1.82, 2.24) is 9.97 Å². The standard InChI is InChI=1S/C13H7F4N3/c14-12-3-1-2-10(20-12)9(7-18)11-6-8(4-5-19-11)13(15,16)17/h1-6,9H. The molecule has 102 valence electrons. The minimum absolute atomic E-state index is 0.0133. The summed E-state index contributed by atoms with van der Waals surface area (Å²) in [5.41, 5.74) is -1.03. The molecule has 3 nitrogen and oxygen atoms in total. The van der Waals surface area contributed by atoms with E-state index in [0.29, 0.717) is 0 Å². The predicted molar refractivity (Wildman–Crippen MR) is 60.9 cm³/mol. The molecule has 0 aliphatic heterocycles. The third kappa shape index (κ3) is 2.91. The molecule has 2 aromatic heterocycles. The van der Waals surface area contributed by atoms with Gasteiger partial charge in [0.05, 0.1) is 23.0 Å². The van der Waals surface area contributed by atoms with E-state index in [1.165, 1.54) is 12.1 Å². The third-order valence-electron chi connectivity index (χ3n) is 2.57. The molecule has 2 rings (SSSR count). The van der Waals surface area contributed by atoms with Gasteiger partial charge in [-0.15, -0.1) is 0 Å². The highest BCUT2D eigenvalue weighted by molar-refractivity contribution is 5.32. The lowest BCUT2D eigenvalue weighted by Crippen LogP contribution is -2.09. The molecule has 0 spiro atoms. The highest BCUT2D eigenvalue weighted by Gasteiger charge is 2.31. The average molecular weight is 281 g/mol. The van der Waals surface area contributed by atoms with Crippen molar-refractivity contribution in [2.75, 3.05) is 0 Å². The lowest BCUT2D eigenvalue weighted by atomic mass is 10.0. The minimum Gasteiger partial charge on any atom is -0.259 e. The zero-order valence-electron chi connectivity index (χ0n) is 9.89. The van der Waals surface area contributed by atoms with Gasteiger partial charge in [0, 0.05) is 6.20 Å². The van der Waals surface area contributed by atoms with E-state index < -0.39 is 23.6 Å². The molecule has 1 atom stereocenters. The minimum atomic E-state index is -4.53. The molecular weight excluding hydrogens is 274 g/mol. The van der Waals surface area contributed by atoms with Crippen LogP contribution in [0.3, 0.4) is 0 Å². The van der Waals surface area contributed by atoms with E-state index >= 15 is 0 Å². The molecule has 2 heterocycles.